The molecule has 2 aromatic rings. The quantitative estimate of drug-likeness (QED) is 0.796. The molecule has 0 spiro atoms. The van der Waals surface area contributed by atoms with Crippen LogP contribution < -0.4 is 0 Å². The van der Waals surface area contributed by atoms with Crippen molar-refractivity contribution in [3.8, 4) is 11.8 Å². The first kappa shape index (κ1) is 14.3. The lowest BCUT2D eigenvalue weighted by Crippen LogP contribution is -2.15. The van der Waals surface area contributed by atoms with Gasteiger partial charge in [-0.3, -0.25) is 0 Å². The van der Waals surface area contributed by atoms with Crippen molar-refractivity contribution < 1.29 is 13.9 Å². The fraction of sp³-hybridized carbons (Fsp3) is 0.312. The number of nitriles is 1. The van der Waals surface area contributed by atoms with Crippen molar-refractivity contribution in [1.82, 2.24) is 9.78 Å². The molecule has 1 heterocycles. The molecule has 0 saturated heterocycles. The van der Waals surface area contributed by atoms with Crippen LogP contribution in [0.15, 0.2) is 36.5 Å². The van der Waals surface area contributed by atoms with Crippen molar-refractivity contribution in [2.24, 2.45) is 5.41 Å². The predicted molar refractivity (Wildman–Crippen MR) is 75.7 cm³/mol. The van der Waals surface area contributed by atoms with Gasteiger partial charge in [-0.1, -0.05) is 0 Å². The summed E-state index contributed by atoms with van der Waals surface area (Å²) in [6.45, 7) is 0.253. The molecule has 0 N–H and O–H groups in total. The van der Waals surface area contributed by atoms with Crippen LogP contribution in [0.25, 0.3) is 5.69 Å². The summed E-state index contributed by atoms with van der Waals surface area (Å²) in [7, 11) is 0. The van der Waals surface area contributed by atoms with E-state index in [0.29, 0.717) is 12.1 Å². The summed E-state index contributed by atoms with van der Waals surface area (Å²) in [4.78, 5) is 12.0. The Hall–Kier alpha value is -2.68. The third-order valence-corrected chi connectivity index (χ3v) is 3.81. The first-order valence-corrected chi connectivity index (χ1v) is 6.98. The van der Waals surface area contributed by atoms with Gasteiger partial charge in [-0.25, -0.2) is 13.9 Å². The van der Waals surface area contributed by atoms with E-state index in [0.717, 1.165) is 12.8 Å². The van der Waals surface area contributed by atoms with Gasteiger partial charge >= 0.3 is 5.97 Å². The van der Waals surface area contributed by atoms with Crippen molar-refractivity contribution in [3.05, 3.63) is 48.0 Å². The van der Waals surface area contributed by atoms with Crippen molar-refractivity contribution in [1.29, 1.82) is 5.26 Å². The number of ether oxygens (including phenoxy) is 1. The van der Waals surface area contributed by atoms with Crippen molar-refractivity contribution in [2.75, 3.05) is 6.61 Å². The Labute approximate surface area is 126 Å². The normalized spacial score (nSPS) is 15.1. The van der Waals surface area contributed by atoms with E-state index >= 15 is 0 Å². The molecule has 1 aliphatic rings. The zero-order valence-corrected chi connectivity index (χ0v) is 11.8. The maximum Gasteiger partial charge on any atom is 0.358 e. The number of esters is 1. The lowest BCUT2D eigenvalue weighted by molar-refractivity contribution is 0.0412. The standard InChI is InChI=1S/C16H14FN3O2/c17-12-1-3-13(4-2-12)20-10-5-14(19-20)15(21)22-11-16(6-7-16)8-9-18/h1-5,10H,6-8,11H2. The lowest BCUT2D eigenvalue weighted by atomic mass is 10.1. The molecule has 112 valence electrons. The second-order valence-electron chi connectivity index (χ2n) is 5.53. The number of hydrogen-bond acceptors (Lipinski definition) is 4. The van der Waals surface area contributed by atoms with Gasteiger partial charge in [0, 0.05) is 18.0 Å². The van der Waals surface area contributed by atoms with Gasteiger partial charge in [-0.05, 0) is 43.2 Å². The Morgan fingerprint density at radius 2 is 2.09 bits per heavy atom. The van der Waals surface area contributed by atoms with Crippen LogP contribution in [0, 0.1) is 22.6 Å². The number of benzene rings is 1. The monoisotopic (exact) mass is 299 g/mol. The average molecular weight is 299 g/mol. The zero-order valence-electron chi connectivity index (χ0n) is 11.8. The van der Waals surface area contributed by atoms with Crippen molar-refractivity contribution in [3.63, 3.8) is 0 Å². The smallest absolute Gasteiger partial charge is 0.358 e. The lowest BCUT2D eigenvalue weighted by Gasteiger charge is -2.10. The fourth-order valence-electron chi connectivity index (χ4n) is 2.18. The highest BCUT2D eigenvalue weighted by Crippen LogP contribution is 2.48. The third-order valence-electron chi connectivity index (χ3n) is 3.81. The molecule has 1 saturated carbocycles. The predicted octanol–water partition coefficient (Wildman–Crippen LogP) is 2.86. The van der Waals surface area contributed by atoms with Gasteiger partial charge in [0.05, 0.1) is 18.4 Å². The molecule has 0 atom stereocenters. The summed E-state index contributed by atoms with van der Waals surface area (Å²) >= 11 is 0. The highest BCUT2D eigenvalue weighted by atomic mass is 19.1. The van der Waals surface area contributed by atoms with Gasteiger partial charge in [0.25, 0.3) is 0 Å². The van der Waals surface area contributed by atoms with E-state index < -0.39 is 5.97 Å². The Bertz CT molecular complexity index is 727. The Morgan fingerprint density at radius 1 is 1.36 bits per heavy atom. The molecule has 1 fully saturated rings. The molecular formula is C16H14FN3O2. The number of halogens is 1. The summed E-state index contributed by atoms with van der Waals surface area (Å²) in [5.74, 6) is -0.840. The third kappa shape index (κ3) is 2.98. The molecule has 0 radical (unpaired) electrons. The van der Waals surface area contributed by atoms with E-state index in [-0.39, 0.29) is 23.5 Å². The molecule has 1 aromatic carbocycles. The van der Waals surface area contributed by atoms with Crippen molar-refractivity contribution in [2.45, 2.75) is 19.3 Å². The van der Waals surface area contributed by atoms with Gasteiger partial charge in [0.15, 0.2) is 5.69 Å². The summed E-state index contributed by atoms with van der Waals surface area (Å²) < 4.78 is 19.6. The maximum atomic E-state index is 12.9. The number of nitrogens with zero attached hydrogens (tertiary/aromatic N) is 3. The van der Waals surface area contributed by atoms with E-state index in [1.165, 1.54) is 16.8 Å². The van der Waals surface area contributed by atoms with E-state index in [1.807, 2.05) is 0 Å². The number of hydrogen-bond donors (Lipinski definition) is 0. The molecule has 1 aromatic heterocycles. The minimum Gasteiger partial charge on any atom is -0.460 e. The van der Waals surface area contributed by atoms with Gasteiger partial charge in [-0.15, -0.1) is 0 Å². The van der Waals surface area contributed by atoms with Crippen LogP contribution in [-0.4, -0.2) is 22.4 Å². The Balaban J connectivity index is 1.65. The first-order chi connectivity index (χ1) is 10.6. The average Bonchev–Trinajstić information content (AvgIpc) is 3.10. The summed E-state index contributed by atoms with van der Waals surface area (Å²) in [6, 6.07) is 9.47. The molecule has 3 rings (SSSR count). The Kier molecular flexibility index (Phi) is 3.63. The van der Waals surface area contributed by atoms with Gasteiger partial charge < -0.3 is 4.74 Å². The summed E-state index contributed by atoms with van der Waals surface area (Å²) in [5, 5.41) is 12.9. The van der Waals surface area contributed by atoms with Crippen LogP contribution in [-0.2, 0) is 4.74 Å². The van der Waals surface area contributed by atoms with E-state index in [2.05, 4.69) is 11.2 Å². The van der Waals surface area contributed by atoms with E-state index in [1.54, 1.807) is 24.4 Å². The minimum atomic E-state index is -0.509. The zero-order chi connectivity index (χ0) is 15.6. The molecule has 0 aliphatic heterocycles. The number of carbonyl (C=O) groups is 1. The van der Waals surface area contributed by atoms with E-state index in [4.69, 9.17) is 10.00 Å². The highest BCUT2D eigenvalue weighted by Gasteiger charge is 2.43. The van der Waals surface area contributed by atoms with Gasteiger partial charge in [0.2, 0.25) is 0 Å². The van der Waals surface area contributed by atoms with Crippen LogP contribution in [0.2, 0.25) is 0 Å². The molecule has 6 heteroatoms. The molecule has 0 bridgehead atoms. The topological polar surface area (TPSA) is 67.9 Å². The molecule has 22 heavy (non-hydrogen) atoms. The number of aromatic nitrogens is 2. The molecule has 0 unspecified atom stereocenters. The van der Waals surface area contributed by atoms with Crippen LogP contribution in [0.1, 0.15) is 29.8 Å². The van der Waals surface area contributed by atoms with Crippen LogP contribution >= 0.6 is 0 Å². The summed E-state index contributed by atoms with van der Waals surface area (Å²) in [6.07, 6.45) is 3.85. The summed E-state index contributed by atoms with van der Waals surface area (Å²) in [5.41, 5.74) is 0.699. The molecule has 1 aliphatic carbocycles. The number of rotatable bonds is 5. The SMILES string of the molecule is N#CCC1(COC(=O)c2ccn(-c3ccc(F)cc3)n2)CC1. The number of carbonyl (C=O) groups excluding carboxylic acids is 1. The Morgan fingerprint density at radius 3 is 2.73 bits per heavy atom. The van der Waals surface area contributed by atoms with Crippen LogP contribution in [0.4, 0.5) is 4.39 Å². The van der Waals surface area contributed by atoms with Gasteiger partial charge in [-0.2, -0.15) is 10.4 Å². The van der Waals surface area contributed by atoms with E-state index in [9.17, 15) is 9.18 Å². The maximum absolute atomic E-state index is 12.9. The van der Waals surface area contributed by atoms with Crippen molar-refractivity contribution >= 4 is 5.97 Å². The molecule has 0 amide bonds. The fourth-order valence-corrected chi connectivity index (χ4v) is 2.18. The second-order valence-corrected chi connectivity index (χ2v) is 5.53. The largest absolute Gasteiger partial charge is 0.460 e. The first-order valence-electron chi connectivity index (χ1n) is 6.98. The second kappa shape index (κ2) is 5.60. The molecule has 5 nitrogen and oxygen atoms in total. The van der Waals surface area contributed by atoms with Crippen LogP contribution in [0.5, 0.6) is 0 Å². The minimum absolute atomic E-state index is 0.149. The van der Waals surface area contributed by atoms with Crippen LogP contribution in [0.3, 0.4) is 0 Å². The molecular weight excluding hydrogens is 285 g/mol. The van der Waals surface area contributed by atoms with Gasteiger partial charge in [0.1, 0.15) is 5.82 Å². The highest BCUT2D eigenvalue weighted by molar-refractivity contribution is 5.87.